The summed E-state index contributed by atoms with van der Waals surface area (Å²) in [7, 11) is 1.65. The number of methoxy groups -OCH3 is 1. The molecule has 0 spiro atoms. The molecule has 21 heavy (non-hydrogen) atoms. The minimum atomic E-state index is 0.0916. The summed E-state index contributed by atoms with van der Waals surface area (Å²) >= 11 is 1.56. The number of ketones is 1. The van der Waals surface area contributed by atoms with E-state index in [4.69, 9.17) is 4.74 Å². The van der Waals surface area contributed by atoms with Gasteiger partial charge in [0.05, 0.1) is 12.0 Å². The average molecular weight is 296 g/mol. The van der Waals surface area contributed by atoms with Crippen molar-refractivity contribution in [1.82, 2.24) is 0 Å². The lowest BCUT2D eigenvalue weighted by atomic mass is 10.0. The SMILES string of the molecule is COc1ccc2cc(C(=O)c3cc(C)c(C)s3)ccc2c1. The van der Waals surface area contributed by atoms with Crippen LogP contribution in [0.5, 0.6) is 5.75 Å². The van der Waals surface area contributed by atoms with Gasteiger partial charge in [-0.25, -0.2) is 0 Å². The van der Waals surface area contributed by atoms with Gasteiger partial charge >= 0.3 is 0 Å². The highest BCUT2D eigenvalue weighted by atomic mass is 32.1. The van der Waals surface area contributed by atoms with Crippen molar-refractivity contribution in [3.8, 4) is 5.75 Å². The molecule has 0 aliphatic carbocycles. The van der Waals surface area contributed by atoms with Crippen LogP contribution in [0.25, 0.3) is 10.8 Å². The van der Waals surface area contributed by atoms with Crippen LogP contribution in [0.1, 0.15) is 25.7 Å². The number of benzene rings is 2. The van der Waals surface area contributed by atoms with Crippen LogP contribution < -0.4 is 4.74 Å². The van der Waals surface area contributed by atoms with Crippen molar-refractivity contribution < 1.29 is 9.53 Å². The topological polar surface area (TPSA) is 26.3 Å². The first-order valence-corrected chi connectivity index (χ1v) is 7.59. The summed E-state index contributed by atoms with van der Waals surface area (Å²) < 4.78 is 5.22. The Morgan fingerprint density at radius 2 is 1.71 bits per heavy atom. The summed E-state index contributed by atoms with van der Waals surface area (Å²) in [5, 5.41) is 2.12. The molecule has 0 saturated carbocycles. The zero-order valence-corrected chi connectivity index (χ0v) is 13.1. The second-order valence-electron chi connectivity index (χ2n) is 5.11. The van der Waals surface area contributed by atoms with Crippen LogP contribution in [0.4, 0.5) is 0 Å². The maximum atomic E-state index is 12.6. The molecule has 106 valence electrons. The highest BCUT2D eigenvalue weighted by Gasteiger charge is 2.13. The maximum absolute atomic E-state index is 12.6. The second-order valence-corrected chi connectivity index (χ2v) is 6.36. The first kappa shape index (κ1) is 13.8. The van der Waals surface area contributed by atoms with E-state index in [0.717, 1.165) is 27.0 Å². The molecule has 0 amide bonds. The summed E-state index contributed by atoms with van der Waals surface area (Å²) in [6.07, 6.45) is 0. The summed E-state index contributed by atoms with van der Waals surface area (Å²) in [6.45, 7) is 4.08. The molecular weight excluding hydrogens is 280 g/mol. The Bertz CT molecular complexity index is 811. The fraction of sp³-hybridized carbons (Fsp3) is 0.167. The van der Waals surface area contributed by atoms with Crippen molar-refractivity contribution in [3.05, 3.63) is 63.3 Å². The number of hydrogen-bond acceptors (Lipinski definition) is 3. The third-order valence-corrected chi connectivity index (χ3v) is 4.85. The predicted octanol–water partition coefficient (Wildman–Crippen LogP) is 4.76. The van der Waals surface area contributed by atoms with Crippen LogP contribution in [0.3, 0.4) is 0 Å². The number of carbonyl (C=O) groups excluding carboxylic acids is 1. The van der Waals surface area contributed by atoms with Gasteiger partial charge in [-0.3, -0.25) is 4.79 Å². The van der Waals surface area contributed by atoms with Crippen LogP contribution in [-0.4, -0.2) is 12.9 Å². The summed E-state index contributed by atoms with van der Waals surface area (Å²) in [6, 6.07) is 13.6. The van der Waals surface area contributed by atoms with E-state index in [1.807, 2.05) is 56.3 Å². The van der Waals surface area contributed by atoms with E-state index in [0.29, 0.717) is 0 Å². The molecule has 1 heterocycles. The number of carbonyl (C=O) groups is 1. The van der Waals surface area contributed by atoms with E-state index in [2.05, 4.69) is 0 Å². The van der Waals surface area contributed by atoms with Gasteiger partial charge in [0.1, 0.15) is 5.75 Å². The van der Waals surface area contributed by atoms with E-state index in [1.165, 1.54) is 10.4 Å². The number of hydrogen-bond donors (Lipinski definition) is 0. The van der Waals surface area contributed by atoms with Crippen LogP contribution >= 0.6 is 11.3 Å². The molecular formula is C18H16O2S. The molecule has 0 bridgehead atoms. The Balaban J connectivity index is 2.02. The van der Waals surface area contributed by atoms with Gasteiger partial charge in [-0.05, 0) is 54.4 Å². The fourth-order valence-corrected chi connectivity index (χ4v) is 3.32. The Morgan fingerprint density at radius 1 is 1.00 bits per heavy atom. The molecule has 2 aromatic carbocycles. The Labute approximate surface area is 128 Å². The molecule has 0 fully saturated rings. The van der Waals surface area contributed by atoms with Crippen LogP contribution in [0, 0.1) is 13.8 Å². The van der Waals surface area contributed by atoms with E-state index >= 15 is 0 Å². The third-order valence-electron chi connectivity index (χ3n) is 3.70. The summed E-state index contributed by atoms with van der Waals surface area (Å²) in [4.78, 5) is 14.6. The van der Waals surface area contributed by atoms with Crippen molar-refractivity contribution in [2.24, 2.45) is 0 Å². The fourth-order valence-electron chi connectivity index (χ4n) is 2.32. The van der Waals surface area contributed by atoms with Gasteiger partial charge in [0, 0.05) is 10.4 Å². The molecule has 3 rings (SSSR count). The van der Waals surface area contributed by atoms with E-state index in [-0.39, 0.29) is 5.78 Å². The van der Waals surface area contributed by atoms with E-state index < -0.39 is 0 Å². The maximum Gasteiger partial charge on any atom is 0.202 e. The lowest BCUT2D eigenvalue weighted by Gasteiger charge is -2.04. The van der Waals surface area contributed by atoms with Gasteiger partial charge in [-0.15, -0.1) is 11.3 Å². The number of ether oxygens (including phenoxy) is 1. The number of fused-ring (bicyclic) bond motifs is 1. The Kier molecular flexibility index (Phi) is 3.52. The quantitative estimate of drug-likeness (QED) is 0.651. The smallest absolute Gasteiger partial charge is 0.202 e. The average Bonchev–Trinajstić information content (AvgIpc) is 2.85. The molecule has 3 heteroatoms. The van der Waals surface area contributed by atoms with E-state index in [1.54, 1.807) is 18.4 Å². The van der Waals surface area contributed by atoms with Gasteiger partial charge in [-0.1, -0.05) is 18.2 Å². The monoisotopic (exact) mass is 296 g/mol. The van der Waals surface area contributed by atoms with Gasteiger partial charge in [0.15, 0.2) is 0 Å². The van der Waals surface area contributed by atoms with Crippen molar-refractivity contribution in [2.45, 2.75) is 13.8 Å². The zero-order valence-electron chi connectivity index (χ0n) is 12.3. The van der Waals surface area contributed by atoms with Gasteiger partial charge in [0.2, 0.25) is 5.78 Å². The number of thiophene rings is 1. The molecule has 0 atom stereocenters. The lowest BCUT2D eigenvalue weighted by molar-refractivity contribution is 0.104. The van der Waals surface area contributed by atoms with Crippen molar-refractivity contribution >= 4 is 27.9 Å². The molecule has 0 aliphatic heterocycles. The molecule has 0 radical (unpaired) electrons. The predicted molar refractivity (Wildman–Crippen MR) is 87.7 cm³/mol. The Morgan fingerprint density at radius 3 is 2.38 bits per heavy atom. The molecule has 0 N–H and O–H groups in total. The summed E-state index contributed by atoms with van der Waals surface area (Å²) in [5.41, 5.74) is 1.91. The number of aryl methyl sites for hydroxylation is 2. The van der Waals surface area contributed by atoms with E-state index in [9.17, 15) is 4.79 Å². The van der Waals surface area contributed by atoms with Crippen molar-refractivity contribution in [2.75, 3.05) is 7.11 Å². The first-order valence-electron chi connectivity index (χ1n) is 6.78. The highest BCUT2D eigenvalue weighted by molar-refractivity contribution is 7.14. The normalized spacial score (nSPS) is 10.8. The van der Waals surface area contributed by atoms with Gasteiger partial charge < -0.3 is 4.74 Å². The first-order chi connectivity index (χ1) is 10.1. The van der Waals surface area contributed by atoms with Crippen LogP contribution in [0.2, 0.25) is 0 Å². The molecule has 0 unspecified atom stereocenters. The van der Waals surface area contributed by atoms with Crippen molar-refractivity contribution in [3.63, 3.8) is 0 Å². The molecule has 0 aliphatic rings. The highest BCUT2D eigenvalue weighted by Crippen LogP contribution is 2.26. The largest absolute Gasteiger partial charge is 0.497 e. The molecule has 0 saturated heterocycles. The van der Waals surface area contributed by atoms with Crippen LogP contribution in [0.15, 0.2) is 42.5 Å². The molecule has 3 aromatic rings. The molecule has 1 aromatic heterocycles. The Hall–Kier alpha value is -2.13. The number of rotatable bonds is 3. The third kappa shape index (κ3) is 2.57. The van der Waals surface area contributed by atoms with Gasteiger partial charge in [0.25, 0.3) is 0 Å². The second kappa shape index (κ2) is 5.34. The molecule has 2 nitrogen and oxygen atoms in total. The minimum Gasteiger partial charge on any atom is -0.497 e. The zero-order chi connectivity index (χ0) is 15.0. The van der Waals surface area contributed by atoms with Crippen molar-refractivity contribution in [1.29, 1.82) is 0 Å². The standard InChI is InChI=1S/C18H16O2S/c1-11-8-17(21-12(11)2)18(19)15-5-4-14-10-16(20-3)7-6-13(14)9-15/h4-10H,1-3H3. The lowest BCUT2D eigenvalue weighted by Crippen LogP contribution is -1.98. The van der Waals surface area contributed by atoms with Gasteiger partial charge in [-0.2, -0.15) is 0 Å². The minimum absolute atomic E-state index is 0.0916. The van der Waals surface area contributed by atoms with Crippen LogP contribution in [-0.2, 0) is 0 Å². The summed E-state index contributed by atoms with van der Waals surface area (Å²) in [5.74, 6) is 0.917.